The van der Waals surface area contributed by atoms with Crippen LogP contribution >= 0.6 is 0 Å². The molecule has 3 heterocycles. The van der Waals surface area contributed by atoms with Crippen LogP contribution in [0.5, 0.6) is 0 Å². The zero-order valence-electron chi connectivity index (χ0n) is 23.9. The largest absolute Gasteiger partial charge is 0.394 e. The van der Waals surface area contributed by atoms with Gasteiger partial charge >= 0.3 is 0 Å². The first-order valence-electron chi connectivity index (χ1n) is 14.1. The third-order valence-corrected chi connectivity index (χ3v) is 9.21. The van der Waals surface area contributed by atoms with Crippen molar-refractivity contribution in [1.29, 1.82) is 0 Å². The number of hydrogen-bond donors (Lipinski definition) is 1. The number of carbonyl (C=O) groups is 3. The van der Waals surface area contributed by atoms with Crippen molar-refractivity contribution >= 4 is 23.4 Å². The number of aliphatic hydroxyl groups is 1. The highest BCUT2D eigenvalue weighted by molar-refractivity contribution is 6.03. The third kappa shape index (κ3) is 4.32. The number of rotatable bonds is 11. The van der Waals surface area contributed by atoms with Crippen molar-refractivity contribution in [3.8, 4) is 0 Å². The Hall–Kier alpha value is -2.97. The van der Waals surface area contributed by atoms with Gasteiger partial charge in [-0.2, -0.15) is 0 Å². The molecule has 3 aliphatic rings. The van der Waals surface area contributed by atoms with Crippen LogP contribution in [0.4, 0.5) is 5.69 Å². The smallest absolute Gasteiger partial charge is 0.248 e. The van der Waals surface area contributed by atoms with Crippen molar-refractivity contribution < 1.29 is 24.2 Å². The van der Waals surface area contributed by atoms with E-state index in [1.807, 2.05) is 65.0 Å². The van der Waals surface area contributed by atoms with Gasteiger partial charge in [-0.25, -0.2) is 0 Å². The van der Waals surface area contributed by atoms with Crippen molar-refractivity contribution in [2.75, 3.05) is 24.6 Å². The van der Waals surface area contributed by atoms with Crippen molar-refractivity contribution in [2.24, 2.45) is 17.8 Å². The summed E-state index contributed by atoms with van der Waals surface area (Å²) in [6.45, 7) is 17.7. The predicted octanol–water partition coefficient (Wildman–Crippen LogP) is 3.41. The minimum atomic E-state index is -1.17. The number of para-hydroxylation sites is 1. The molecule has 3 fully saturated rings. The van der Waals surface area contributed by atoms with E-state index in [2.05, 4.69) is 13.2 Å². The molecule has 3 aliphatic heterocycles. The number of hydrogen-bond acceptors (Lipinski definition) is 5. The SMILES string of the molecule is C=CCN(C(=O)[C@@H]1[C@H]2C(=O)N([C@@H](CC)CO)C(C(=O)N(CC=C)C(C)C)C23CC(C)[C@@]1(C)O3)c1ccccc1. The van der Waals surface area contributed by atoms with Gasteiger partial charge in [-0.05, 0) is 51.7 Å². The standard InChI is InChI=1S/C31H43N3O5/c1-8-16-32(20(4)5)29(38)26-31-18-21(6)30(7,39-31)24(25(31)28(37)34(26)22(10-3)19-35)27(36)33(17-9-2)23-14-12-11-13-15-23/h8-9,11-15,20-22,24-26,35H,1-2,10,16-19H2,3-7H3/t21?,22-,24-,25-,26?,30+,31?/m0/s1. The molecule has 3 saturated heterocycles. The molecule has 0 radical (unpaired) electrons. The molecule has 0 aromatic heterocycles. The number of ether oxygens (including phenoxy) is 1. The van der Waals surface area contributed by atoms with E-state index in [1.54, 1.807) is 26.9 Å². The molecule has 1 N–H and O–H groups in total. The lowest BCUT2D eigenvalue weighted by Gasteiger charge is -2.40. The molecular weight excluding hydrogens is 494 g/mol. The van der Waals surface area contributed by atoms with Crippen LogP contribution < -0.4 is 4.90 Å². The van der Waals surface area contributed by atoms with Gasteiger partial charge in [-0.15, -0.1) is 13.2 Å². The van der Waals surface area contributed by atoms with Crippen LogP contribution in [0, 0.1) is 17.8 Å². The molecule has 39 heavy (non-hydrogen) atoms. The summed E-state index contributed by atoms with van der Waals surface area (Å²) in [4.78, 5) is 48.2. The van der Waals surface area contributed by atoms with E-state index in [0.29, 0.717) is 25.1 Å². The fourth-order valence-electron chi connectivity index (χ4n) is 7.22. The Balaban J connectivity index is 1.87. The summed E-state index contributed by atoms with van der Waals surface area (Å²) < 4.78 is 6.87. The van der Waals surface area contributed by atoms with Gasteiger partial charge in [0.1, 0.15) is 11.6 Å². The van der Waals surface area contributed by atoms with E-state index in [0.717, 1.165) is 0 Å². The number of nitrogens with zero attached hydrogens (tertiary/aromatic N) is 3. The highest BCUT2D eigenvalue weighted by Gasteiger charge is 2.80. The van der Waals surface area contributed by atoms with Gasteiger partial charge in [-0.1, -0.05) is 44.2 Å². The lowest BCUT2D eigenvalue weighted by atomic mass is 9.62. The highest BCUT2D eigenvalue weighted by atomic mass is 16.5. The number of fused-ring (bicyclic) bond motifs is 1. The topological polar surface area (TPSA) is 90.4 Å². The van der Waals surface area contributed by atoms with Crippen molar-refractivity contribution in [3.63, 3.8) is 0 Å². The first-order chi connectivity index (χ1) is 18.5. The number of anilines is 1. The monoisotopic (exact) mass is 537 g/mol. The molecule has 0 saturated carbocycles. The van der Waals surface area contributed by atoms with Crippen molar-refractivity contribution in [2.45, 2.75) is 76.8 Å². The maximum atomic E-state index is 14.5. The normalized spacial score (nSPS) is 31.8. The van der Waals surface area contributed by atoms with Crippen LogP contribution in [-0.2, 0) is 19.1 Å². The van der Waals surface area contributed by atoms with Gasteiger partial charge in [0, 0.05) is 24.8 Å². The van der Waals surface area contributed by atoms with E-state index in [4.69, 9.17) is 4.74 Å². The highest BCUT2D eigenvalue weighted by Crippen LogP contribution is 2.66. The average Bonchev–Trinajstić information content (AvgIpc) is 3.43. The molecule has 8 heteroatoms. The summed E-state index contributed by atoms with van der Waals surface area (Å²) in [6.07, 6.45) is 4.29. The first kappa shape index (κ1) is 29.0. The van der Waals surface area contributed by atoms with E-state index in [-0.39, 0.29) is 42.8 Å². The van der Waals surface area contributed by atoms with Gasteiger partial charge in [0.05, 0.1) is 30.1 Å². The zero-order valence-corrected chi connectivity index (χ0v) is 23.9. The Kier molecular flexibility index (Phi) is 8.11. The summed E-state index contributed by atoms with van der Waals surface area (Å²) in [5.74, 6) is -2.45. The Morgan fingerprint density at radius 1 is 1.18 bits per heavy atom. The Labute approximate surface area is 232 Å². The number of carbonyl (C=O) groups excluding carboxylic acids is 3. The number of benzene rings is 1. The lowest BCUT2D eigenvalue weighted by molar-refractivity contribution is -0.156. The summed E-state index contributed by atoms with van der Waals surface area (Å²) in [6, 6.07) is 7.70. The lowest BCUT2D eigenvalue weighted by Crippen LogP contribution is -2.59. The molecule has 1 spiro atoms. The van der Waals surface area contributed by atoms with Gasteiger partial charge in [0.15, 0.2) is 0 Å². The summed E-state index contributed by atoms with van der Waals surface area (Å²) in [5, 5.41) is 10.3. The first-order valence-corrected chi connectivity index (χ1v) is 14.1. The Bertz CT molecular complexity index is 1120. The average molecular weight is 538 g/mol. The molecule has 7 atom stereocenters. The molecule has 8 nitrogen and oxygen atoms in total. The zero-order chi connectivity index (χ0) is 28.7. The number of aliphatic hydroxyl groups excluding tert-OH is 1. The maximum Gasteiger partial charge on any atom is 0.248 e. The molecule has 4 rings (SSSR count). The van der Waals surface area contributed by atoms with Crippen LogP contribution in [0.25, 0.3) is 0 Å². The summed E-state index contributed by atoms with van der Waals surface area (Å²) in [5.41, 5.74) is -1.39. The van der Waals surface area contributed by atoms with Gasteiger partial charge in [0.2, 0.25) is 17.7 Å². The van der Waals surface area contributed by atoms with Crippen LogP contribution in [-0.4, -0.2) is 81.7 Å². The molecular formula is C31H43N3O5. The van der Waals surface area contributed by atoms with Crippen LogP contribution in [0.3, 0.4) is 0 Å². The summed E-state index contributed by atoms with van der Waals surface area (Å²) in [7, 11) is 0. The molecule has 2 bridgehead atoms. The molecule has 1 aromatic rings. The molecule has 3 unspecified atom stereocenters. The van der Waals surface area contributed by atoms with E-state index >= 15 is 0 Å². The van der Waals surface area contributed by atoms with Gasteiger partial charge in [-0.3, -0.25) is 14.4 Å². The second-order valence-corrected chi connectivity index (χ2v) is 11.6. The second kappa shape index (κ2) is 10.9. The van der Waals surface area contributed by atoms with E-state index in [9.17, 15) is 19.5 Å². The third-order valence-electron chi connectivity index (χ3n) is 9.21. The van der Waals surface area contributed by atoms with Gasteiger partial charge < -0.3 is 24.5 Å². The molecule has 1 aromatic carbocycles. The fraction of sp³-hybridized carbons (Fsp3) is 0.581. The van der Waals surface area contributed by atoms with E-state index < -0.39 is 35.1 Å². The molecule has 212 valence electrons. The van der Waals surface area contributed by atoms with Crippen LogP contribution in [0.2, 0.25) is 0 Å². The van der Waals surface area contributed by atoms with Crippen molar-refractivity contribution in [3.05, 3.63) is 55.6 Å². The Morgan fingerprint density at radius 2 is 1.82 bits per heavy atom. The number of amides is 3. The van der Waals surface area contributed by atoms with E-state index in [1.165, 1.54) is 0 Å². The number of likely N-dealkylation sites (tertiary alicyclic amines) is 1. The minimum absolute atomic E-state index is 0.0757. The van der Waals surface area contributed by atoms with Crippen LogP contribution in [0.1, 0.15) is 47.5 Å². The molecule has 0 aliphatic carbocycles. The quantitative estimate of drug-likeness (QED) is 0.437. The second-order valence-electron chi connectivity index (χ2n) is 11.6. The fourth-order valence-corrected chi connectivity index (χ4v) is 7.22. The van der Waals surface area contributed by atoms with Crippen LogP contribution in [0.15, 0.2) is 55.6 Å². The summed E-state index contributed by atoms with van der Waals surface area (Å²) >= 11 is 0. The minimum Gasteiger partial charge on any atom is -0.394 e. The van der Waals surface area contributed by atoms with Gasteiger partial charge in [0.25, 0.3) is 0 Å². The maximum absolute atomic E-state index is 14.5. The molecule has 3 amide bonds. The predicted molar refractivity (Wildman–Crippen MR) is 151 cm³/mol. The Morgan fingerprint density at radius 3 is 2.36 bits per heavy atom. The van der Waals surface area contributed by atoms with Crippen molar-refractivity contribution in [1.82, 2.24) is 9.80 Å².